The van der Waals surface area contributed by atoms with Crippen LogP contribution in [0.1, 0.15) is 36.7 Å². The molecule has 0 aliphatic rings. The minimum Gasteiger partial charge on any atom is -0.496 e. The summed E-state index contributed by atoms with van der Waals surface area (Å²) in [7, 11) is 1.55. The van der Waals surface area contributed by atoms with Crippen LogP contribution >= 0.6 is 0 Å². The summed E-state index contributed by atoms with van der Waals surface area (Å²) in [5.41, 5.74) is 0.188. The molecule has 6 heteroatoms. The molecule has 2 aromatic carbocycles. The molecule has 0 heterocycles. The Hall–Kier alpha value is -2.89. The van der Waals surface area contributed by atoms with E-state index in [1.165, 1.54) is 19.1 Å². The van der Waals surface area contributed by atoms with Crippen molar-refractivity contribution in [2.75, 3.05) is 12.4 Å². The molecule has 5 nitrogen and oxygen atoms in total. The Morgan fingerprint density at radius 1 is 1.12 bits per heavy atom. The van der Waals surface area contributed by atoms with Gasteiger partial charge in [-0.25, -0.2) is 4.39 Å². The first-order valence-electron chi connectivity index (χ1n) is 7.77. The van der Waals surface area contributed by atoms with Crippen LogP contribution in [-0.4, -0.2) is 18.9 Å². The number of methoxy groups -OCH3 is 1. The van der Waals surface area contributed by atoms with E-state index in [0.29, 0.717) is 11.4 Å². The molecule has 0 aliphatic carbocycles. The fourth-order valence-electron chi connectivity index (χ4n) is 2.56. The molecule has 25 heavy (non-hydrogen) atoms. The van der Waals surface area contributed by atoms with Crippen LogP contribution in [0.4, 0.5) is 10.1 Å². The lowest BCUT2D eigenvalue weighted by molar-refractivity contribution is -0.114. The number of rotatable bonds is 5. The van der Waals surface area contributed by atoms with Gasteiger partial charge in [0.1, 0.15) is 11.6 Å². The van der Waals surface area contributed by atoms with Gasteiger partial charge in [0.05, 0.1) is 18.2 Å². The van der Waals surface area contributed by atoms with Crippen molar-refractivity contribution in [3.8, 4) is 5.75 Å². The molecule has 0 bridgehead atoms. The molecule has 2 aromatic rings. The maximum absolute atomic E-state index is 14.1. The molecule has 2 rings (SSSR count). The van der Waals surface area contributed by atoms with E-state index in [4.69, 9.17) is 4.74 Å². The smallest absolute Gasteiger partial charge is 0.255 e. The Morgan fingerprint density at radius 2 is 1.80 bits per heavy atom. The van der Waals surface area contributed by atoms with Crippen LogP contribution in [0, 0.1) is 5.82 Å². The van der Waals surface area contributed by atoms with Gasteiger partial charge in [-0.15, -0.1) is 0 Å². The fraction of sp³-hybridized carbons (Fsp3) is 0.263. The van der Waals surface area contributed by atoms with E-state index in [1.807, 2.05) is 18.2 Å². The maximum Gasteiger partial charge on any atom is 0.255 e. The predicted molar refractivity (Wildman–Crippen MR) is 94.2 cm³/mol. The third kappa shape index (κ3) is 4.35. The quantitative estimate of drug-likeness (QED) is 0.873. The molecular formula is C19H21FN2O3. The van der Waals surface area contributed by atoms with Gasteiger partial charge in [0.25, 0.3) is 5.91 Å². The molecule has 0 aromatic heterocycles. The van der Waals surface area contributed by atoms with Crippen LogP contribution in [0.25, 0.3) is 0 Å². The van der Waals surface area contributed by atoms with Gasteiger partial charge in [0.15, 0.2) is 0 Å². The number of hydrogen-bond acceptors (Lipinski definition) is 3. The highest BCUT2D eigenvalue weighted by Gasteiger charge is 2.27. The topological polar surface area (TPSA) is 67.4 Å². The summed E-state index contributed by atoms with van der Waals surface area (Å²) >= 11 is 0. The number of para-hydroxylation sites is 1. The number of nitrogens with one attached hydrogen (secondary N) is 2. The largest absolute Gasteiger partial charge is 0.496 e. The first kappa shape index (κ1) is 18.4. The number of anilines is 1. The third-order valence-corrected chi connectivity index (χ3v) is 3.74. The van der Waals surface area contributed by atoms with Crippen LogP contribution in [0.3, 0.4) is 0 Å². The zero-order valence-corrected chi connectivity index (χ0v) is 14.6. The summed E-state index contributed by atoms with van der Waals surface area (Å²) in [5, 5.41) is 5.35. The Morgan fingerprint density at radius 3 is 2.44 bits per heavy atom. The van der Waals surface area contributed by atoms with Gasteiger partial charge in [-0.1, -0.05) is 18.2 Å². The molecule has 2 amide bonds. The summed E-state index contributed by atoms with van der Waals surface area (Å²) in [6.45, 7) is 4.95. The van der Waals surface area contributed by atoms with Gasteiger partial charge < -0.3 is 15.4 Å². The third-order valence-electron chi connectivity index (χ3n) is 3.74. The second-order valence-corrected chi connectivity index (χ2v) is 6.16. The van der Waals surface area contributed by atoms with Crippen molar-refractivity contribution < 1.29 is 18.7 Å². The van der Waals surface area contributed by atoms with Crippen molar-refractivity contribution in [1.29, 1.82) is 0 Å². The van der Waals surface area contributed by atoms with E-state index in [9.17, 15) is 14.0 Å². The minimum atomic E-state index is -0.792. The van der Waals surface area contributed by atoms with Gasteiger partial charge >= 0.3 is 0 Å². The second kappa shape index (κ2) is 7.34. The molecule has 0 fully saturated rings. The number of carbonyl (C=O) groups is 2. The molecular weight excluding hydrogens is 323 g/mol. The Bertz CT molecular complexity index is 803. The summed E-state index contributed by atoms with van der Waals surface area (Å²) in [4.78, 5) is 23.7. The van der Waals surface area contributed by atoms with Crippen molar-refractivity contribution in [2.24, 2.45) is 0 Å². The van der Waals surface area contributed by atoms with Gasteiger partial charge in [-0.3, -0.25) is 9.59 Å². The van der Waals surface area contributed by atoms with Crippen molar-refractivity contribution >= 4 is 17.5 Å². The molecule has 2 N–H and O–H groups in total. The predicted octanol–water partition coefficient (Wildman–Crippen LogP) is 3.46. The first-order valence-corrected chi connectivity index (χ1v) is 7.77. The average Bonchev–Trinajstić information content (AvgIpc) is 2.55. The van der Waals surface area contributed by atoms with Crippen molar-refractivity contribution in [3.63, 3.8) is 0 Å². The van der Waals surface area contributed by atoms with E-state index < -0.39 is 17.3 Å². The summed E-state index contributed by atoms with van der Waals surface area (Å²) in [6.07, 6.45) is 0. The number of hydrogen-bond donors (Lipinski definition) is 2. The molecule has 0 atom stereocenters. The van der Waals surface area contributed by atoms with E-state index in [2.05, 4.69) is 10.6 Å². The number of benzene rings is 2. The molecule has 0 unspecified atom stereocenters. The normalized spacial score (nSPS) is 10.9. The van der Waals surface area contributed by atoms with Crippen molar-refractivity contribution in [1.82, 2.24) is 5.32 Å². The van der Waals surface area contributed by atoms with E-state index >= 15 is 0 Å². The van der Waals surface area contributed by atoms with Crippen molar-refractivity contribution in [3.05, 3.63) is 59.4 Å². The highest BCUT2D eigenvalue weighted by molar-refractivity contribution is 5.97. The van der Waals surface area contributed by atoms with Gasteiger partial charge in [-0.2, -0.15) is 0 Å². The number of carbonyl (C=O) groups excluding carboxylic acids is 2. The molecule has 0 radical (unpaired) electrons. The van der Waals surface area contributed by atoms with Crippen LogP contribution in [0.5, 0.6) is 5.75 Å². The Labute approximate surface area is 146 Å². The molecule has 0 saturated carbocycles. The van der Waals surface area contributed by atoms with Crippen LogP contribution in [-0.2, 0) is 10.3 Å². The van der Waals surface area contributed by atoms with Gasteiger partial charge in [0, 0.05) is 18.2 Å². The van der Waals surface area contributed by atoms with E-state index in [0.717, 1.165) is 11.6 Å². The summed E-state index contributed by atoms with van der Waals surface area (Å²) in [6, 6.07) is 11.2. The maximum atomic E-state index is 14.1. The highest BCUT2D eigenvalue weighted by atomic mass is 19.1. The van der Waals surface area contributed by atoms with Crippen molar-refractivity contribution in [2.45, 2.75) is 26.3 Å². The van der Waals surface area contributed by atoms with Crippen LogP contribution in [0.2, 0.25) is 0 Å². The second-order valence-electron chi connectivity index (χ2n) is 6.16. The minimum absolute atomic E-state index is 0.144. The Balaban J connectivity index is 2.30. The average molecular weight is 344 g/mol. The Kier molecular flexibility index (Phi) is 5.41. The number of amides is 2. The van der Waals surface area contributed by atoms with E-state index in [-0.39, 0.29) is 11.5 Å². The SMILES string of the molecule is COc1ccccc1C(C)(C)NC(=O)c1cc(NC(C)=O)ccc1F. The summed E-state index contributed by atoms with van der Waals surface area (Å²) < 4.78 is 19.4. The lowest BCUT2D eigenvalue weighted by atomic mass is 9.92. The standard InChI is InChI=1S/C19H21FN2O3/c1-12(23)21-13-9-10-16(20)14(11-13)18(24)22-19(2,3)15-7-5-6-8-17(15)25-4/h5-11H,1-4H3,(H,21,23)(H,22,24). The number of halogens is 1. The lowest BCUT2D eigenvalue weighted by Gasteiger charge is -2.28. The fourth-order valence-corrected chi connectivity index (χ4v) is 2.56. The molecule has 0 aliphatic heterocycles. The lowest BCUT2D eigenvalue weighted by Crippen LogP contribution is -2.41. The molecule has 0 saturated heterocycles. The van der Waals surface area contributed by atoms with E-state index in [1.54, 1.807) is 27.0 Å². The molecule has 132 valence electrons. The zero-order chi connectivity index (χ0) is 18.6. The monoisotopic (exact) mass is 344 g/mol. The highest BCUT2D eigenvalue weighted by Crippen LogP contribution is 2.29. The van der Waals surface area contributed by atoms with Gasteiger partial charge in [-0.05, 0) is 38.1 Å². The molecule has 0 spiro atoms. The van der Waals surface area contributed by atoms with Crippen LogP contribution in [0.15, 0.2) is 42.5 Å². The first-order chi connectivity index (χ1) is 11.7. The summed E-state index contributed by atoms with van der Waals surface area (Å²) in [5.74, 6) is -0.921. The number of ether oxygens (including phenoxy) is 1. The van der Waals surface area contributed by atoms with Crippen LogP contribution < -0.4 is 15.4 Å². The zero-order valence-electron chi connectivity index (χ0n) is 14.6. The van der Waals surface area contributed by atoms with Gasteiger partial charge in [0.2, 0.25) is 5.91 Å².